The number of hydrogen-bond donors (Lipinski definition) is 1. The summed E-state index contributed by atoms with van der Waals surface area (Å²) in [4.78, 5) is 13.1. The Bertz CT molecular complexity index is 868. The maximum atomic E-state index is 11.9. The van der Waals surface area contributed by atoms with Crippen LogP contribution in [0.1, 0.15) is 0 Å². The molecule has 5 heteroatoms. The Morgan fingerprint density at radius 1 is 0.962 bits per heavy atom. The molecular weight excluding hydrogens is 346 g/mol. The normalized spacial score (nSPS) is 10.5. The number of amides is 1. The van der Waals surface area contributed by atoms with Gasteiger partial charge in [-0.3, -0.25) is 4.79 Å². The topological polar surface area (TPSA) is 47.6 Å². The summed E-state index contributed by atoms with van der Waals surface area (Å²) < 4.78 is 10.8. The van der Waals surface area contributed by atoms with E-state index in [1.807, 2.05) is 54.6 Å². The molecule has 134 valence electrons. The van der Waals surface area contributed by atoms with E-state index in [0.29, 0.717) is 12.3 Å². The first-order chi connectivity index (χ1) is 12.7. The van der Waals surface area contributed by atoms with Crippen LogP contribution in [0.3, 0.4) is 0 Å². The highest BCUT2D eigenvalue weighted by Gasteiger charge is 2.04. The third kappa shape index (κ3) is 5.17. The highest BCUT2D eigenvalue weighted by atomic mass is 32.2. The number of carbonyl (C=O) groups excluding carboxylic acids is 1. The van der Waals surface area contributed by atoms with Crippen molar-refractivity contribution < 1.29 is 14.3 Å². The van der Waals surface area contributed by atoms with Crippen LogP contribution in [0.4, 0.5) is 0 Å². The van der Waals surface area contributed by atoms with Crippen molar-refractivity contribution in [3.63, 3.8) is 0 Å². The van der Waals surface area contributed by atoms with Gasteiger partial charge in [0.1, 0.15) is 11.5 Å². The molecule has 0 spiro atoms. The fraction of sp³-hybridized carbons (Fsp3) is 0.190. The summed E-state index contributed by atoms with van der Waals surface area (Å²) in [6.45, 7) is 0.613. The van der Waals surface area contributed by atoms with Gasteiger partial charge >= 0.3 is 0 Å². The van der Waals surface area contributed by atoms with E-state index in [1.54, 1.807) is 18.9 Å². The fourth-order valence-electron chi connectivity index (χ4n) is 2.50. The number of fused-ring (bicyclic) bond motifs is 1. The first-order valence-corrected chi connectivity index (χ1v) is 9.38. The summed E-state index contributed by atoms with van der Waals surface area (Å²) >= 11 is 1.71. The minimum Gasteiger partial charge on any atom is -0.497 e. The van der Waals surface area contributed by atoms with Crippen molar-refractivity contribution in [3.05, 3.63) is 66.7 Å². The van der Waals surface area contributed by atoms with E-state index in [9.17, 15) is 4.79 Å². The quantitative estimate of drug-likeness (QED) is 0.480. The molecule has 3 rings (SSSR count). The molecule has 0 aliphatic heterocycles. The van der Waals surface area contributed by atoms with Gasteiger partial charge in [0, 0.05) is 17.2 Å². The molecule has 0 aliphatic carbocycles. The maximum absolute atomic E-state index is 11.9. The predicted molar refractivity (Wildman–Crippen MR) is 106 cm³/mol. The molecule has 1 N–H and O–H groups in total. The van der Waals surface area contributed by atoms with Crippen molar-refractivity contribution in [2.45, 2.75) is 4.90 Å². The molecule has 0 bridgehead atoms. The molecule has 0 saturated heterocycles. The summed E-state index contributed by atoms with van der Waals surface area (Å²) in [6.07, 6.45) is 0. The van der Waals surface area contributed by atoms with Gasteiger partial charge in [0.2, 0.25) is 0 Å². The van der Waals surface area contributed by atoms with E-state index in [0.717, 1.165) is 22.3 Å². The molecule has 0 unspecified atom stereocenters. The lowest BCUT2D eigenvalue weighted by Gasteiger charge is -2.09. The highest BCUT2D eigenvalue weighted by molar-refractivity contribution is 7.99. The fourth-order valence-corrected chi connectivity index (χ4v) is 3.29. The maximum Gasteiger partial charge on any atom is 0.257 e. The SMILES string of the molecule is COc1ccc2ccc(OCC(=O)NCCSc3ccccc3)cc2c1. The zero-order valence-corrected chi connectivity index (χ0v) is 15.4. The van der Waals surface area contributed by atoms with Gasteiger partial charge in [-0.2, -0.15) is 0 Å². The van der Waals surface area contributed by atoms with E-state index in [1.165, 1.54) is 4.90 Å². The van der Waals surface area contributed by atoms with Crippen molar-refractivity contribution in [1.82, 2.24) is 5.32 Å². The molecule has 3 aromatic rings. The van der Waals surface area contributed by atoms with Crippen molar-refractivity contribution in [2.24, 2.45) is 0 Å². The third-order valence-corrected chi connectivity index (χ3v) is 4.84. The molecule has 0 heterocycles. The molecule has 0 atom stereocenters. The second kappa shape index (κ2) is 9.15. The van der Waals surface area contributed by atoms with E-state index < -0.39 is 0 Å². The Morgan fingerprint density at radius 3 is 2.46 bits per heavy atom. The second-order valence-electron chi connectivity index (χ2n) is 5.68. The van der Waals surface area contributed by atoms with E-state index in [-0.39, 0.29) is 12.5 Å². The van der Waals surface area contributed by atoms with Gasteiger partial charge in [-0.05, 0) is 47.2 Å². The Labute approximate surface area is 157 Å². The van der Waals surface area contributed by atoms with Crippen molar-refractivity contribution in [1.29, 1.82) is 0 Å². The van der Waals surface area contributed by atoms with E-state index in [4.69, 9.17) is 9.47 Å². The zero-order valence-electron chi connectivity index (χ0n) is 14.6. The Balaban J connectivity index is 1.44. The lowest BCUT2D eigenvalue weighted by molar-refractivity contribution is -0.122. The van der Waals surface area contributed by atoms with Crippen LogP contribution < -0.4 is 14.8 Å². The number of ether oxygens (including phenoxy) is 2. The molecule has 3 aromatic carbocycles. The number of thioether (sulfide) groups is 1. The van der Waals surface area contributed by atoms with Crippen molar-refractivity contribution in [2.75, 3.05) is 26.0 Å². The van der Waals surface area contributed by atoms with Gasteiger partial charge in [-0.25, -0.2) is 0 Å². The standard InChI is InChI=1S/C21H21NO3S/c1-24-18-9-7-16-8-10-19(14-17(16)13-18)25-15-21(23)22-11-12-26-20-5-3-2-4-6-20/h2-10,13-14H,11-12,15H2,1H3,(H,22,23). The van der Waals surface area contributed by atoms with Gasteiger partial charge in [-0.15, -0.1) is 11.8 Å². The number of hydrogen-bond acceptors (Lipinski definition) is 4. The molecule has 1 amide bonds. The lowest BCUT2D eigenvalue weighted by Crippen LogP contribution is -2.30. The van der Waals surface area contributed by atoms with Crippen LogP contribution >= 0.6 is 11.8 Å². The smallest absolute Gasteiger partial charge is 0.257 e. The molecule has 0 saturated carbocycles. The summed E-state index contributed by atoms with van der Waals surface area (Å²) in [6, 6.07) is 21.7. The average Bonchev–Trinajstić information content (AvgIpc) is 2.69. The van der Waals surface area contributed by atoms with Crippen LogP contribution in [0.25, 0.3) is 10.8 Å². The number of methoxy groups -OCH3 is 1. The molecule has 0 radical (unpaired) electrons. The number of nitrogens with one attached hydrogen (secondary N) is 1. The van der Waals surface area contributed by atoms with Crippen LogP contribution in [0.15, 0.2) is 71.6 Å². The van der Waals surface area contributed by atoms with Crippen molar-refractivity contribution >= 4 is 28.4 Å². The average molecular weight is 367 g/mol. The van der Waals surface area contributed by atoms with E-state index in [2.05, 4.69) is 17.4 Å². The van der Waals surface area contributed by atoms with E-state index >= 15 is 0 Å². The Hall–Kier alpha value is -2.66. The first-order valence-electron chi connectivity index (χ1n) is 8.40. The van der Waals surface area contributed by atoms with Crippen LogP contribution in [-0.4, -0.2) is 31.9 Å². The monoisotopic (exact) mass is 367 g/mol. The second-order valence-corrected chi connectivity index (χ2v) is 6.84. The molecule has 26 heavy (non-hydrogen) atoms. The summed E-state index contributed by atoms with van der Waals surface area (Å²) in [7, 11) is 1.64. The summed E-state index contributed by atoms with van der Waals surface area (Å²) in [5.74, 6) is 2.16. The Kier molecular flexibility index (Phi) is 6.39. The Morgan fingerprint density at radius 2 is 1.69 bits per heavy atom. The largest absolute Gasteiger partial charge is 0.497 e. The molecule has 0 fully saturated rings. The summed E-state index contributed by atoms with van der Waals surface area (Å²) in [5.41, 5.74) is 0. The zero-order chi connectivity index (χ0) is 18.2. The van der Waals surface area contributed by atoms with Gasteiger partial charge in [0.25, 0.3) is 5.91 Å². The van der Waals surface area contributed by atoms with Gasteiger partial charge in [0.15, 0.2) is 6.61 Å². The van der Waals surface area contributed by atoms with Crippen LogP contribution in [-0.2, 0) is 4.79 Å². The van der Waals surface area contributed by atoms with Gasteiger partial charge in [-0.1, -0.05) is 30.3 Å². The molecular formula is C21H21NO3S. The van der Waals surface area contributed by atoms with Crippen LogP contribution in [0, 0.1) is 0 Å². The van der Waals surface area contributed by atoms with Crippen molar-refractivity contribution in [3.8, 4) is 11.5 Å². The van der Waals surface area contributed by atoms with Crippen LogP contribution in [0.2, 0.25) is 0 Å². The highest BCUT2D eigenvalue weighted by Crippen LogP contribution is 2.24. The van der Waals surface area contributed by atoms with Gasteiger partial charge in [0.05, 0.1) is 7.11 Å². The first kappa shape index (κ1) is 18.1. The van der Waals surface area contributed by atoms with Gasteiger partial charge < -0.3 is 14.8 Å². The molecule has 0 aliphatic rings. The minimum atomic E-state index is -0.121. The molecule has 0 aromatic heterocycles. The number of benzene rings is 3. The molecule has 4 nitrogen and oxygen atoms in total. The minimum absolute atomic E-state index is 0.00544. The lowest BCUT2D eigenvalue weighted by atomic mass is 10.1. The predicted octanol–water partition coefficient (Wildman–Crippen LogP) is 4.14. The number of carbonyl (C=O) groups is 1. The number of rotatable bonds is 8. The van der Waals surface area contributed by atoms with Crippen LogP contribution in [0.5, 0.6) is 11.5 Å². The summed E-state index contributed by atoms with van der Waals surface area (Å²) in [5, 5.41) is 4.99. The third-order valence-electron chi connectivity index (χ3n) is 3.82.